The molecular weight excluding hydrogens is 320 g/mol. The number of nitrogens with one attached hydrogen (secondary N) is 2. The molecule has 2 aromatic rings. The maximum Gasteiger partial charge on any atom is 0.252 e. The summed E-state index contributed by atoms with van der Waals surface area (Å²) in [5.41, 5.74) is 1.61. The lowest BCUT2D eigenvalue weighted by molar-refractivity contribution is -0.120. The molecule has 1 aliphatic rings. The van der Waals surface area contributed by atoms with E-state index in [9.17, 15) is 9.59 Å². The normalized spacial score (nSPS) is 15.2. The molecule has 0 aliphatic carbocycles. The van der Waals surface area contributed by atoms with Crippen LogP contribution in [0, 0.1) is 26.7 Å². The number of hydrogen-bond acceptors (Lipinski definition) is 6. The van der Waals surface area contributed by atoms with E-state index in [-0.39, 0.29) is 17.4 Å². The Bertz CT molecular complexity index is 819. The Morgan fingerprint density at radius 1 is 1.12 bits per heavy atom. The fraction of sp³-hybridized carbons (Fsp3) is 0.471. The zero-order chi connectivity index (χ0) is 18.0. The molecule has 1 fully saturated rings. The zero-order valence-electron chi connectivity index (χ0n) is 14.7. The number of carbonyl (C=O) groups is 1. The van der Waals surface area contributed by atoms with Crippen LogP contribution in [0.5, 0.6) is 0 Å². The van der Waals surface area contributed by atoms with Crippen molar-refractivity contribution in [3.8, 4) is 0 Å². The third-order valence-electron chi connectivity index (χ3n) is 4.23. The van der Waals surface area contributed by atoms with Crippen LogP contribution in [0.2, 0.25) is 0 Å². The summed E-state index contributed by atoms with van der Waals surface area (Å²) in [5, 5.41) is 2.75. The summed E-state index contributed by atoms with van der Waals surface area (Å²) in [6.07, 6.45) is 1.43. The Balaban J connectivity index is 1.61. The molecule has 0 aromatic carbocycles. The molecular formula is C17H22N6O2. The van der Waals surface area contributed by atoms with Gasteiger partial charge in [-0.25, -0.2) is 15.0 Å². The van der Waals surface area contributed by atoms with E-state index in [2.05, 4.69) is 30.2 Å². The van der Waals surface area contributed by atoms with Crippen molar-refractivity contribution >= 4 is 17.7 Å². The number of aryl methyl sites for hydroxylation is 3. The largest absolute Gasteiger partial charge is 0.341 e. The molecule has 0 saturated carbocycles. The number of aromatic nitrogens is 4. The van der Waals surface area contributed by atoms with Crippen LogP contribution >= 0.6 is 0 Å². The Morgan fingerprint density at radius 2 is 1.76 bits per heavy atom. The third-order valence-corrected chi connectivity index (χ3v) is 4.23. The zero-order valence-corrected chi connectivity index (χ0v) is 14.7. The van der Waals surface area contributed by atoms with Gasteiger partial charge in [-0.15, -0.1) is 0 Å². The molecule has 132 valence electrons. The maximum absolute atomic E-state index is 12.4. The Morgan fingerprint density at radius 3 is 2.36 bits per heavy atom. The summed E-state index contributed by atoms with van der Waals surface area (Å²) in [6.45, 7) is 7.04. The number of piperidine rings is 1. The first-order chi connectivity index (χ1) is 11.9. The van der Waals surface area contributed by atoms with Crippen molar-refractivity contribution in [2.24, 2.45) is 5.92 Å². The Kier molecular flexibility index (Phi) is 4.78. The van der Waals surface area contributed by atoms with Crippen molar-refractivity contribution in [2.75, 3.05) is 23.3 Å². The fourth-order valence-electron chi connectivity index (χ4n) is 3.06. The molecule has 1 amide bonds. The van der Waals surface area contributed by atoms with E-state index in [1.807, 2.05) is 19.9 Å². The van der Waals surface area contributed by atoms with Gasteiger partial charge in [0.15, 0.2) is 0 Å². The highest BCUT2D eigenvalue weighted by Gasteiger charge is 2.26. The molecule has 3 rings (SSSR count). The summed E-state index contributed by atoms with van der Waals surface area (Å²) in [7, 11) is 0. The molecule has 8 heteroatoms. The molecule has 3 heterocycles. The van der Waals surface area contributed by atoms with Gasteiger partial charge in [-0.05, 0) is 39.7 Å². The second-order valence-electron chi connectivity index (χ2n) is 6.42. The fourth-order valence-corrected chi connectivity index (χ4v) is 3.06. The van der Waals surface area contributed by atoms with Crippen LogP contribution in [0.15, 0.2) is 16.9 Å². The van der Waals surface area contributed by atoms with Gasteiger partial charge in [-0.2, -0.15) is 0 Å². The minimum absolute atomic E-state index is 0.0986. The number of hydrogen-bond donors (Lipinski definition) is 2. The number of anilines is 2. The van der Waals surface area contributed by atoms with E-state index in [1.54, 1.807) is 6.92 Å². The standard InChI is InChI=1S/C17H22N6O2/c1-10-8-11(2)19-17(18-10)23-6-4-13(5-7-23)16(25)22-14-9-15(24)21-12(3)20-14/h8-9,13H,4-7H2,1-3H3,(H2,20,21,22,24,25). The first kappa shape index (κ1) is 17.1. The van der Waals surface area contributed by atoms with Gasteiger partial charge in [-0.3, -0.25) is 9.59 Å². The van der Waals surface area contributed by atoms with Crippen molar-refractivity contribution in [3.05, 3.63) is 39.7 Å². The number of carbonyl (C=O) groups excluding carboxylic acids is 1. The second kappa shape index (κ2) is 7.00. The molecule has 25 heavy (non-hydrogen) atoms. The molecule has 0 atom stereocenters. The number of H-pyrrole nitrogens is 1. The molecule has 0 spiro atoms. The third kappa shape index (κ3) is 4.20. The van der Waals surface area contributed by atoms with E-state index in [0.29, 0.717) is 24.5 Å². The summed E-state index contributed by atoms with van der Waals surface area (Å²) in [4.78, 5) is 41.6. The van der Waals surface area contributed by atoms with E-state index < -0.39 is 0 Å². The Hall–Kier alpha value is -2.77. The van der Waals surface area contributed by atoms with Crippen LogP contribution in [0.1, 0.15) is 30.1 Å². The molecule has 2 aromatic heterocycles. The number of nitrogens with zero attached hydrogens (tertiary/aromatic N) is 4. The molecule has 1 saturated heterocycles. The van der Waals surface area contributed by atoms with Crippen molar-refractivity contribution in [1.82, 2.24) is 19.9 Å². The molecule has 8 nitrogen and oxygen atoms in total. The number of rotatable bonds is 3. The maximum atomic E-state index is 12.4. The van der Waals surface area contributed by atoms with E-state index in [1.165, 1.54) is 6.07 Å². The van der Waals surface area contributed by atoms with Gasteiger partial charge in [0.1, 0.15) is 11.6 Å². The van der Waals surface area contributed by atoms with Crippen LogP contribution < -0.4 is 15.8 Å². The summed E-state index contributed by atoms with van der Waals surface area (Å²) in [6, 6.07) is 3.24. The van der Waals surface area contributed by atoms with E-state index in [4.69, 9.17) is 0 Å². The van der Waals surface area contributed by atoms with Crippen LogP contribution in [0.25, 0.3) is 0 Å². The highest BCUT2D eigenvalue weighted by molar-refractivity contribution is 5.91. The molecule has 0 bridgehead atoms. The van der Waals surface area contributed by atoms with Crippen molar-refractivity contribution < 1.29 is 4.79 Å². The van der Waals surface area contributed by atoms with Gasteiger partial charge in [0.2, 0.25) is 11.9 Å². The monoisotopic (exact) mass is 342 g/mol. The lowest BCUT2D eigenvalue weighted by Gasteiger charge is -2.31. The van der Waals surface area contributed by atoms with Gasteiger partial charge in [0, 0.05) is 36.5 Å². The smallest absolute Gasteiger partial charge is 0.252 e. The van der Waals surface area contributed by atoms with E-state index >= 15 is 0 Å². The van der Waals surface area contributed by atoms with E-state index in [0.717, 1.165) is 30.4 Å². The highest BCUT2D eigenvalue weighted by Crippen LogP contribution is 2.22. The van der Waals surface area contributed by atoms with Crippen molar-refractivity contribution in [3.63, 3.8) is 0 Å². The molecule has 2 N–H and O–H groups in total. The molecule has 0 radical (unpaired) electrons. The average molecular weight is 342 g/mol. The van der Waals surface area contributed by atoms with Gasteiger partial charge >= 0.3 is 0 Å². The minimum atomic E-state index is -0.274. The number of aromatic amines is 1. The second-order valence-corrected chi connectivity index (χ2v) is 6.42. The summed E-state index contributed by atoms with van der Waals surface area (Å²) >= 11 is 0. The lowest BCUT2D eigenvalue weighted by atomic mass is 9.96. The van der Waals surface area contributed by atoms with Crippen LogP contribution in [-0.4, -0.2) is 38.9 Å². The number of amides is 1. The minimum Gasteiger partial charge on any atom is -0.341 e. The van der Waals surface area contributed by atoms with Gasteiger partial charge in [-0.1, -0.05) is 0 Å². The average Bonchev–Trinajstić information content (AvgIpc) is 2.53. The highest BCUT2D eigenvalue weighted by atomic mass is 16.2. The first-order valence-electron chi connectivity index (χ1n) is 8.37. The SMILES string of the molecule is Cc1cc(C)nc(N2CCC(C(=O)Nc3cc(=O)[nH]c(C)n3)CC2)n1. The predicted octanol–water partition coefficient (Wildman–Crippen LogP) is 1.34. The van der Waals surface area contributed by atoms with Crippen LogP contribution in [0.4, 0.5) is 11.8 Å². The van der Waals surface area contributed by atoms with Crippen LogP contribution in [0.3, 0.4) is 0 Å². The summed E-state index contributed by atoms with van der Waals surface area (Å²) < 4.78 is 0. The topological polar surface area (TPSA) is 104 Å². The lowest BCUT2D eigenvalue weighted by Crippen LogP contribution is -2.39. The van der Waals surface area contributed by atoms with Crippen molar-refractivity contribution in [2.45, 2.75) is 33.6 Å². The summed E-state index contributed by atoms with van der Waals surface area (Å²) in [5.74, 6) is 1.29. The van der Waals surface area contributed by atoms with Gasteiger partial charge in [0.05, 0.1) is 0 Å². The molecule has 1 aliphatic heterocycles. The van der Waals surface area contributed by atoms with Crippen LogP contribution in [-0.2, 0) is 4.79 Å². The first-order valence-corrected chi connectivity index (χ1v) is 8.37. The quantitative estimate of drug-likeness (QED) is 0.872. The van der Waals surface area contributed by atoms with Gasteiger partial charge in [0.25, 0.3) is 5.56 Å². The van der Waals surface area contributed by atoms with Crippen molar-refractivity contribution in [1.29, 1.82) is 0 Å². The Labute approximate surface area is 145 Å². The predicted molar refractivity (Wildman–Crippen MR) is 94.7 cm³/mol. The molecule has 0 unspecified atom stereocenters. The van der Waals surface area contributed by atoms with Gasteiger partial charge < -0.3 is 15.2 Å².